The van der Waals surface area contributed by atoms with E-state index in [1.807, 2.05) is 6.08 Å². The molecule has 0 radical (unpaired) electrons. The Morgan fingerprint density at radius 2 is 1.96 bits per heavy atom. The van der Waals surface area contributed by atoms with E-state index in [0.717, 1.165) is 25.9 Å². The van der Waals surface area contributed by atoms with Gasteiger partial charge in [-0.15, -0.1) is 6.58 Å². The van der Waals surface area contributed by atoms with Gasteiger partial charge in [0.2, 0.25) is 5.75 Å². The second-order valence-corrected chi connectivity index (χ2v) is 6.72. The number of hydrogen-bond donors (Lipinski definition) is 2. The summed E-state index contributed by atoms with van der Waals surface area (Å²) in [6.07, 6.45) is 3.98. The van der Waals surface area contributed by atoms with Gasteiger partial charge in [-0.25, -0.2) is 0 Å². The Morgan fingerprint density at radius 1 is 1.31 bits per heavy atom. The first kappa shape index (κ1) is 20.4. The molecule has 1 aliphatic heterocycles. The lowest BCUT2D eigenvalue weighted by atomic mass is 10.1. The molecule has 1 aromatic carbocycles. The number of methoxy groups -OCH3 is 3. The van der Waals surface area contributed by atoms with Gasteiger partial charge in [0.25, 0.3) is 5.91 Å². The Kier molecular flexibility index (Phi) is 7.16. The number of aromatic hydroxyl groups is 1. The van der Waals surface area contributed by atoms with Crippen LogP contribution in [0.15, 0.2) is 17.1 Å². The van der Waals surface area contributed by atoms with Crippen LogP contribution in [0.3, 0.4) is 0 Å². The molecule has 1 aliphatic rings. The molecular formula is C18H25BrN2O5. The lowest BCUT2D eigenvalue weighted by Gasteiger charge is -2.24. The quantitative estimate of drug-likeness (QED) is 0.619. The fourth-order valence-electron chi connectivity index (χ4n) is 3.25. The van der Waals surface area contributed by atoms with E-state index in [1.165, 1.54) is 21.3 Å². The van der Waals surface area contributed by atoms with Crippen LogP contribution in [-0.4, -0.2) is 62.9 Å². The first-order valence-electron chi connectivity index (χ1n) is 8.33. The fourth-order valence-corrected chi connectivity index (χ4v) is 3.79. The Labute approximate surface area is 162 Å². The molecule has 2 rings (SSSR count). The number of halogens is 1. The van der Waals surface area contributed by atoms with Crippen LogP contribution in [0.4, 0.5) is 0 Å². The van der Waals surface area contributed by atoms with Crippen molar-refractivity contribution in [3.8, 4) is 23.0 Å². The van der Waals surface area contributed by atoms with Crippen LogP contribution < -0.4 is 19.5 Å². The molecule has 0 bridgehead atoms. The molecule has 0 aromatic heterocycles. The summed E-state index contributed by atoms with van der Waals surface area (Å²) >= 11 is 3.25. The Bertz CT molecular complexity index is 680. The maximum Gasteiger partial charge on any atom is 0.259 e. The summed E-state index contributed by atoms with van der Waals surface area (Å²) in [6.45, 7) is 6.07. The van der Waals surface area contributed by atoms with Crippen molar-refractivity contribution in [3.63, 3.8) is 0 Å². The van der Waals surface area contributed by atoms with Gasteiger partial charge in [-0.2, -0.15) is 0 Å². The molecule has 1 fully saturated rings. The lowest BCUT2D eigenvalue weighted by molar-refractivity contribution is 0.0935. The molecule has 7 nitrogen and oxygen atoms in total. The van der Waals surface area contributed by atoms with Crippen LogP contribution in [0.5, 0.6) is 23.0 Å². The minimum atomic E-state index is -0.358. The van der Waals surface area contributed by atoms with E-state index in [-0.39, 0.29) is 45.0 Å². The van der Waals surface area contributed by atoms with Gasteiger partial charge in [-0.1, -0.05) is 6.08 Å². The van der Waals surface area contributed by atoms with E-state index in [9.17, 15) is 9.90 Å². The maximum atomic E-state index is 12.9. The number of carbonyl (C=O) groups is 1. The highest BCUT2D eigenvalue weighted by Crippen LogP contribution is 2.50. The van der Waals surface area contributed by atoms with E-state index in [4.69, 9.17) is 14.2 Å². The molecule has 0 spiro atoms. The molecule has 144 valence electrons. The number of phenols is 1. The molecule has 1 atom stereocenters. The Hall–Kier alpha value is -1.93. The SMILES string of the molecule is C=CCN1CCCC1CNC(=O)c1c(OC)c(Br)c(O)c(OC)c1OC. The number of amides is 1. The fraction of sp³-hybridized carbons (Fsp3) is 0.500. The molecule has 0 aliphatic carbocycles. The van der Waals surface area contributed by atoms with Gasteiger partial charge in [0.05, 0.1) is 21.3 Å². The predicted molar refractivity (Wildman–Crippen MR) is 103 cm³/mol. The third kappa shape index (κ3) is 3.91. The zero-order chi connectivity index (χ0) is 19.3. The van der Waals surface area contributed by atoms with Crippen LogP contribution >= 0.6 is 15.9 Å². The molecule has 2 N–H and O–H groups in total. The average Bonchev–Trinajstić information content (AvgIpc) is 3.08. The summed E-state index contributed by atoms with van der Waals surface area (Å²) in [7, 11) is 4.22. The van der Waals surface area contributed by atoms with Crippen molar-refractivity contribution in [3.05, 3.63) is 22.7 Å². The largest absolute Gasteiger partial charge is 0.503 e. The highest BCUT2D eigenvalue weighted by molar-refractivity contribution is 9.10. The highest BCUT2D eigenvalue weighted by Gasteiger charge is 2.30. The highest BCUT2D eigenvalue weighted by atomic mass is 79.9. The van der Waals surface area contributed by atoms with Gasteiger partial charge < -0.3 is 24.6 Å². The van der Waals surface area contributed by atoms with Gasteiger partial charge in [-0.3, -0.25) is 9.69 Å². The van der Waals surface area contributed by atoms with Crippen molar-refractivity contribution >= 4 is 21.8 Å². The standard InChI is InChI=1S/C18H25BrN2O5/c1-5-8-21-9-6-7-11(21)10-20-18(23)12-15(24-2)13(19)14(22)17(26-4)16(12)25-3/h5,11,22H,1,6-10H2,2-4H3,(H,20,23). The average molecular weight is 429 g/mol. The molecule has 0 saturated carbocycles. The van der Waals surface area contributed by atoms with Gasteiger partial charge in [0, 0.05) is 19.1 Å². The van der Waals surface area contributed by atoms with Gasteiger partial charge >= 0.3 is 0 Å². The van der Waals surface area contributed by atoms with Crippen LogP contribution in [0.25, 0.3) is 0 Å². The van der Waals surface area contributed by atoms with E-state index >= 15 is 0 Å². The van der Waals surface area contributed by atoms with E-state index in [1.54, 1.807) is 0 Å². The summed E-state index contributed by atoms with van der Waals surface area (Å²) in [5.41, 5.74) is 0.171. The van der Waals surface area contributed by atoms with E-state index < -0.39 is 0 Å². The summed E-state index contributed by atoms with van der Waals surface area (Å²) in [5.74, 6) is -0.169. The van der Waals surface area contributed by atoms with Gasteiger partial charge in [0.1, 0.15) is 10.0 Å². The zero-order valence-corrected chi connectivity index (χ0v) is 16.9. The number of rotatable bonds is 8. The number of benzene rings is 1. The van der Waals surface area contributed by atoms with E-state index in [2.05, 4.69) is 32.7 Å². The second-order valence-electron chi connectivity index (χ2n) is 5.93. The smallest absolute Gasteiger partial charge is 0.259 e. The van der Waals surface area contributed by atoms with Crippen molar-refractivity contribution in [1.82, 2.24) is 10.2 Å². The normalized spacial score (nSPS) is 17.0. The zero-order valence-electron chi connectivity index (χ0n) is 15.3. The minimum Gasteiger partial charge on any atom is -0.503 e. The van der Waals surface area contributed by atoms with Crippen LogP contribution in [0, 0.1) is 0 Å². The van der Waals surface area contributed by atoms with Gasteiger partial charge in [0.15, 0.2) is 17.2 Å². The molecule has 1 saturated heterocycles. The monoisotopic (exact) mass is 428 g/mol. The topological polar surface area (TPSA) is 80.3 Å². The van der Waals surface area contributed by atoms with E-state index in [0.29, 0.717) is 6.54 Å². The number of nitrogens with one attached hydrogen (secondary N) is 1. The minimum absolute atomic E-state index is 0.0690. The Balaban J connectivity index is 2.30. The number of hydrogen-bond acceptors (Lipinski definition) is 6. The molecule has 1 aromatic rings. The second kappa shape index (κ2) is 9.14. The first-order valence-corrected chi connectivity index (χ1v) is 9.12. The summed E-state index contributed by atoms with van der Waals surface area (Å²) in [6, 6.07) is 0.261. The predicted octanol–water partition coefficient (Wildman–Crippen LogP) is 2.56. The molecule has 1 amide bonds. The lowest BCUT2D eigenvalue weighted by Crippen LogP contribution is -2.40. The van der Waals surface area contributed by atoms with Crippen LogP contribution in [0.2, 0.25) is 0 Å². The summed E-state index contributed by atoms with van der Waals surface area (Å²) < 4.78 is 16.1. The van der Waals surface area contributed by atoms with Crippen molar-refractivity contribution in [1.29, 1.82) is 0 Å². The number of ether oxygens (including phenoxy) is 3. The van der Waals surface area contributed by atoms with Gasteiger partial charge in [-0.05, 0) is 35.3 Å². The van der Waals surface area contributed by atoms with Crippen molar-refractivity contribution in [2.75, 3.05) is 41.0 Å². The summed E-state index contributed by atoms with van der Waals surface area (Å²) in [4.78, 5) is 15.2. The molecular weight excluding hydrogens is 404 g/mol. The number of nitrogens with zero attached hydrogens (tertiary/aromatic N) is 1. The molecule has 26 heavy (non-hydrogen) atoms. The first-order chi connectivity index (χ1) is 12.5. The summed E-state index contributed by atoms with van der Waals surface area (Å²) in [5, 5.41) is 13.2. The van der Waals surface area contributed by atoms with Crippen LogP contribution in [-0.2, 0) is 0 Å². The van der Waals surface area contributed by atoms with Crippen molar-refractivity contribution in [2.24, 2.45) is 0 Å². The number of phenolic OH excluding ortho intramolecular Hbond substituents is 1. The van der Waals surface area contributed by atoms with Crippen molar-refractivity contribution < 1.29 is 24.1 Å². The van der Waals surface area contributed by atoms with Crippen LogP contribution in [0.1, 0.15) is 23.2 Å². The Morgan fingerprint density at radius 3 is 2.54 bits per heavy atom. The number of carbonyl (C=O) groups excluding carboxylic acids is 1. The van der Waals surface area contributed by atoms with Crippen molar-refractivity contribution in [2.45, 2.75) is 18.9 Å². The molecule has 8 heteroatoms. The molecule has 1 unspecified atom stereocenters. The maximum absolute atomic E-state index is 12.9. The number of likely N-dealkylation sites (tertiary alicyclic amines) is 1. The third-order valence-corrected chi connectivity index (χ3v) is 5.22. The molecule has 1 heterocycles. The third-order valence-electron chi connectivity index (χ3n) is 4.48.